The second-order valence-electron chi connectivity index (χ2n) is 8.51. The first kappa shape index (κ1) is 23.0. The molecule has 174 valence electrons. The lowest BCUT2D eigenvalue weighted by molar-refractivity contribution is 0.459. The molecule has 1 atom stereocenters. The number of benzene rings is 3. The summed E-state index contributed by atoms with van der Waals surface area (Å²) < 4.78 is 2.91. The van der Waals surface area contributed by atoms with Gasteiger partial charge in [0.05, 0.1) is 16.7 Å². The standard InChI is InChI=1S/C29H26BrN5/c1-21(33-28-27(30)19-31-22(2)34-28)23-18-32-35(20-23)29(24-12-6-3-7-13-24,25-14-8-4-9-15-25)26-16-10-5-11-17-26/h3-21H,1-2H3,(H,31,33,34). The maximum atomic E-state index is 4.95. The van der Waals surface area contributed by atoms with Gasteiger partial charge in [0, 0.05) is 18.0 Å². The molecule has 5 rings (SSSR count). The lowest BCUT2D eigenvalue weighted by atomic mass is 9.77. The van der Waals surface area contributed by atoms with Crippen LogP contribution in [0.3, 0.4) is 0 Å². The fraction of sp³-hybridized carbons (Fsp3) is 0.138. The molecule has 0 fully saturated rings. The number of nitrogens with zero attached hydrogens (tertiary/aromatic N) is 4. The molecule has 0 saturated carbocycles. The highest BCUT2D eigenvalue weighted by molar-refractivity contribution is 9.10. The number of aryl methyl sites for hydroxylation is 1. The van der Waals surface area contributed by atoms with Crippen molar-refractivity contribution in [3.63, 3.8) is 0 Å². The van der Waals surface area contributed by atoms with Crippen LogP contribution in [0.1, 0.15) is 41.0 Å². The van der Waals surface area contributed by atoms with Gasteiger partial charge in [-0.05, 0) is 46.5 Å². The SMILES string of the molecule is Cc1ncc(Br)c(NC(C)c2cnn(C(c3ccccc3)(c3ccccc3)c3ccccc3)c2)n1. The van der Waals surface area contributed by atoms with Gasteiger partial charge < -0.3 is 5.32 Å². The van der Waals surface area contributed by atoms with Crippen LogP contribution in [-0.4, -0.2) is 19.7 Å². The average molecular weight is 524 g/mol. The number of rotatable bonds is 7. The predicted octanol–water partition coefficient (Wildman–Crippen LogP) is 6.76. The molecule has 35 heavy (non-hydrogen) atoms. The van der Waals surface area contributed by atoms with Crippen LogP contribution >= 0.6 is 15.9 Å². The highest BCUT2D eigenvalue weighted by Crippen LogP contribution is 2.40. The molecule has 0 spiro atoms. The third-order valence-corrected chi connectivity index (χ3v) is 6.82. The van der Waals surface area contributed by atoms with Gasteiger partial charge in [0.25, 0.3) is 0 Å². The monoisotopic (exact) mass is 523 g/mol. The van der Waals surface area contributed by atoms with Crippen LogP contribution in [0.15, 0.2) is 114 Å². The Balaban J connectivity index is 1.65. The van der Waals surface area contributed by atoms with Crippen molar-refractivity contribution in [1.82, 2.24) is 19.7 Å². The molecule has 0 amide bonds. The Kier molecular flexibility index (Phi) is 6.47. The van der Waals surface area contributed by atoms with Gasteiger partial charge in [0.2, 0.25) is 0 Å². The molecule has 1 N–H and O–H groups in total. The van der Waals surface area contributed by atoms with E-state index in [-0.39, 0.29) is 6.04 Å². The summed E-state index contributed by atoms with van der Waals surface area (Å²) in [5.41, 5.74) is 3.85. The van der Waals surface area contributed by atoms with Gasteiger partial charge in [0.1, 0.15) is 17.2 Å². The summed E-state index contributed by atoms with van der Waals surface area (Å²) in [6, 6.07) is 31.6. The molecule has 5 nitrogen and oxygen atoms in total. The fourth-order valence-electron chi connectivity index (χ4n) is 4.52. The van der Waals surface area contributed by atoms with E-state index in [0.717, 1.165) is 38.4 Å². The summed E-state index contributed by atoms with van der Waals surface area (Å²) in [5.74, 6) is 1.48. The molecule has 0 aliphatic rings. The molecule has 5 aromatic rings. The summed E-state index contributed by atoms with van der Waals surface area (Å²) >= 11 is 3.55. The number of hydrogen-bond donors (Lipinski definition) is 1. The molecule has 0 bridgehead atoms. The van der Waals surface area contributed by atoms with E-state index >= 15 is 0 Å². The lowest BCUT2D eigenvalue weighted by Gasteiger charge is -2.36. The Morgan fingerprint density at radius 3 is 1.83 bits per heavy atom. The number of aromatic nitrogens is 4. The van der Waals surface area contributed by atoms with E-state index in [4.69, 9.17) is 5.10 Å². The van der Waals surface area contributed by atoms with Crippen LogP contribution in [0.4, 0.5) is 5.82 Å². The van der Waals surface area contributed by atoms with Crippen molar-refractivity contribution >= 4 is 21.7 Å². The third-order valence-electron chi connectivity index (χ3n) is 6.24. The summed E-state index contributed by atoms with van der Waals surface area (Å²) in [5, 5.41) is 8.45. The summed E-state index contributed by atoms with van der Waals surface area (Å²) in [6.07, 6.45) is 5.84. The zero-order valence-corrected chi connectivity index (χ0v) is 21.2. The smallest absolute Gasteiger partial charge is 0.144 e. The summed E-state index contributed by atoms with van der Waals surface area (Å²) in [4.78, 5) is 8.78. The van der Waals surface area contributed by atoms with Crippen molar-refractivity contribution in [2.24, 2.45) is 0 Å². The Labute approximate surface area is 214 Å². The molecule has 3 aromatic carbocycles. The second kappa shape index (κ2) is 9.84. The molecule has 1 unspecified atom stereocenters. The lowest BCUT2D eigenvalue weighted by Crippen LogP contribution is -2.38. The first-order valence-electron chi connectivity index (χ1n) is 11.6. The quantitative estimate of drug-likeness (QED) is 0.239. The van der Waals surface area contributed by atoms with Gasteiger partial charge in [-0.2, -0.15) is 5.10 Å². The predicted molar refractivity (Wildman–Crippen MR) is 143 cm³/mol. The van der Waals surface area contributed by atoms with Gasteiger partial charge in [0.15, 0.2) is 0 Å². The van der Waals surface area contributed by atoms with Crippen molar-refractivity contribution in [3.8, 4) is 0 Å². The van der Waals surface area contributed by atoms with E-state index in [1.165, 1.54) is 0 Å². The Morgan fingerprint density at radius 2 is 1.31 bits per heavy atom. The average Bonchev–Trinajstić information content (AvgIpc) is 3.39. The van der Waals surface area contributed by atoms with Crippen LogP contribution in [0.25, 0.3) is 0 Å². The molecule has 0 aliphatic carbocycles. The molecule has 0 radical (unpaired) electrons. The molecule has 0 saturated heterocycles. The highest BCUT2D eigenvalue weighted by atomic mass is 79.9. The molecule has 2 heterocycles. The van der Waals surface area contributed by atoms with E-state index in [9.17, 15) is 0 Å². The second-order valence-corrected chi connectivity index (χ2v) is 9.36. The Bertz CT molecular complexity index is 1300. The number of nitrogens with one attached hydrogen (secondary N) is 1. The van der Waals surface area contributed by atoms with E-state index in [1.807, 2.05) is 31.3 Å². The molecule has 6 heteroatoms. The van der Waals surface area contributed by atoms with Crippen LogP contribution in [-0.2, 0) is 5.54 Å². The van der Waals surface area contributed by atoms with E-state index in [0.29, 0.717) is 0 Å². The van der Waals surface area contributed by atoms with Crippen LogP contribution in [0.2, 0.25) is 0 Å². The zero-order valence-electron chi connectivity index (χ0n) is 19.6. The van der Waals surface area contributed by atoms with Crippen LogP contribution < -0.4 is 5.32 Å². The van der Waals surface area contributed by atoms with Crippen molar-refractivity contribution < 1.29 is 0 Å². The van der Waals surface area contributed by atoms with Gasteiger partial charge in [-0.15, -0.1) is 0 Å². The van der Waals surface area contributed by atoms with Crippen LogP contribution in [0.5, 0.6) is 0 Å². The molecular formula is C29H26BrN5. The van der Waals surface area contributed by atoms with Crippen molar-refractivity contribution in [2.75, 3.05) is 5.32 Å². The molecular weight excluding hydrogens is 498 g/mol. The van der Waals surface area contributed by atoms with E-state index in [2.05, 4.69) is 122 Å². The maximum Gasteiger partial charge on any atom is 0.144 e. The Hall–Kier alpha value is -3.77. The largest absolute Gasteiger partial charge is 0.362 e. The summed E-state index contributed by atoms with van der Waals surface area (Å²) in [7, 11) is 0. The number of anilines is 1. The van der Waals surface area contributed by atoms with Gasteiger partial charge in [-0.25, -0.2) is 9.97 Å². The van der Waals surface area contributed by atoms with Crippen LogP contribution in [0, 0.1) is 6.92 Å². The summed E-state index contributed by atoms with van der Waals surface area (Å²) in [6.45, 7) is 3.99. The topological polar surface area (TPSA) is 55.6 Å². The van der Waals surface area contributed by atoms with Crippen molar-refractivity contribution in [2.45, 2.75) is 25.4 Å². The first-order valence-corrected chi connectivity index (χ1v) is 12.4. The fourth-order valence-corrected chi connectivity index (χ4v) is 4.83. The highest BCUT2D eigenvalue weighted by Gasteiger charge is 2.39. The maximum absolute atomic E-state index is 4.95. The normalized spacial score (nSPS) is 12.3. The Morgan fingerprint density at radius 1 is 0.800 bits per heavy atom. The first-order chi connectivity index (χ1) is 17.1. The number of hydrogen-bond acceptors (Lipinski definition) is 4. The van der Waals surface area contributed by atoms with Crippen molar-refractivity contribution in [3.05, 3.63) is 142 Å². The van der Waals surface area contributed by atoms with Crippen molar-refractivity contribution in [1.29, 1.82) is 0 Å². The van der Waals surface area contributed by atoms with Gasteiger partial charge in [-0.1, -0.05) is 91.0 Å². The minimum atomic E-state index is -0.631. The van der Waals surface area contributed by atoms with Gasteiger partial charge in [-0.3, -0.25) is 4.68 Å². The van der Waals surface area contributed by atoms with E-state index in [1.54, 1.807) is 6.20 Å². The minimum absolute atomic E-state index is 0.0191. The van der Waals surface area contributed by atoms with Gasteiger partial charge >= 0.3 is 0 Å². The number of halogens is 1. The zero-order chi connectivity index (χ0) is 24.3. The van der Waals surface area contributed by atoms with E-state index < -0.39 is 5.54 Å². The molecule has 2 aromatic heterocycles. The third kappa shape index (κ3) is 4.37. The molecule has 0 aliphatic heterocycles. The minimum Gasteiger partial charge on any atom is -0.362 e.